The second-order valence-corrected chi connectivity index (χ2v) is 5.81. The molecule has 1 aliphatic rings. The molecule has 0 radical (unpaired) electrons. The highest BCUT2D eigenvalue weighted by Gasteiger charge is 2.41. The van der Waals surface area contributed by atoms with Crippen molar-refractivity contribution in [2.75, 3.05) is 12.4 Å². The molecular weight excluding hydrogens is 314 g/mol. The number of nitrogens with one attached hydrogen (secondary N) is 1. The van der Waals surface area contributed by atoms with Crippen LogP contribution in [0.5, 0.6) is 0 Å². The van der Waals surface area contributed by atoms with E-state index in [1.165, 1.54) is 14.0 Å². The van der Waals surface area contributed by atoms with Gasteiger partial charge >= 0.3 is 5.97 Å². The highest BCUT2D eigenvalue weighted by atomic mass is 16.5. The summed E-state index contributed by atoms with van der Waals surface area (Å²) in [5.74, 6) is -0.738. The highest BCUT2D eigenvalue weighted by Crippen LogP contribution is 2.39. The van der Waals surface area contributed by atoms with Crippen LogP contribution in [-0.4, -0.2) is 39.8 Å². The quantitative estimate of drug-likeness (QED) is 0.778. The molecule has 1 amide bonds. The molecular formula is C16H17N3O5. The number of amides is 1. The van der Waals surface area contributed by atoms with Crippen LogP contribution >= 0.6 is 0 Å². The van der Waals surface area contributed by atoms with E-state index < -0.39 is 17.5 Å². The molecule has 1 heterocycles. The lowest BCUT2D eigenvalue weighted by Gasteiger charge is -2.21. The molecule has 0 bridgehead atoms. The number of hydrogen-bond acceptors (Lipinski definition) is 6. The summed E-state index contributed by atoms with van der Waals surface area (Å²) in [6.45, 7) is 1.19. The summed E-state index contributed by atoms with van der Waals surface area (Å²) in [6.07, 6.45) is 2.12. The van der Waals surface area contributed by atoms with Crippen LogP contribution in [0.4, 0.5) is 5.69 Å². The Bertz CT molecular complexity index is 784. The third-order valence-electron chi connectivity index (χ3n) is 4.00. The van der Waals surface area contributed by atoms with Gasteiger partial charge in [0.15, 0.2) is 0 Å². The third kappa shape index (κ3) is 3.00. The fourth-order valence-corrected chi connectivity index (χ4v) is 2.11. The van der Waals surface area contributed by atoms with Crippen LogP contribution in [-0.2, 0) is 14.3 Å². The molecule has 0 aliphatic heterocycles. The lowest BCUT2D eigenvalue weighted by molar-refractivity contribution is -0.165. The van der Waals surface area contributed by atoms with Gasteiger partial charge in [-0.2, -0.15) is 4.98 Å². The zero-order valence-corrected chi connectivity index (χ0v) is 13.3. The van der Waals surface area contributed by atoms with Crippen LogP contribution in [0.1, 0.15) is 31.6 Å². The van der Waals surface area contributed by atoms with Crippen LogP contribution in [0, 0.1) is 0 Å². The Morgan fingerprint density at radius 2 is 2.17 bits per heavy atom. The number of anilines is 1. The lowest BCUT2D eigenvalue weighted by Crippen LogP contribution is -2.48. The van der Waals surface area contributed by atoms with Crippen molar-refractivity contribution in [2.45, 2.75) is 31.3 Å². The third-order valence-corrected chi connectivity index (χ3v) is 4.00. The fourth-order valence-electron chi connectivity index (χ4n) is 2.11. The Kier molecular flexibility index (Phi) is 4.06. The van der Waals surface area contributed by atoms with Gasteiger partial charge in [0, 0.05) is 24.3 Å². The molecule has 8 nitrogen and oxygen atoms in total. The standard InChI is InChI=1S/C16H17N3O5/c1-16(23-2,15(21)22)14(20)17-11-5-3-4-10(8-11)12-18-13(24-19-12)9-6-7-9/h3-5,8-9H,6-7H2,1-2H3,(H,17,20)(H,21,22). The molecule has 1 aliphatic carbocycles. The maximum absolute atomic E-state index is 12.2. The fraction of sp³-hybridized carbons (Fsp3) is 0.375. The molecule has 1 atom stereocenters. The average Bonchev–Trinajstić information content (AvgIpc) is 3.31. The molecule has 0 spiro atoms. The van der Waals surface area contributed by atoms with E-state index in [1.54, 1.807) is 24.3 Å². The van der Waals surface area contributed by atoms with Gasteiger partial charge in [-0.3, -0.25) is 4.79 Å². The number of benzene rings is 1. The minimum atomic E-state index is -1.97. The summed E-state index contributed by atoms with van der Waals surface area (Å²) >= 11 is 0. The molecule has 1 fully saturated rings. The van der Waals surface area contributed by atoms with Crippen LogP contribution in [0.2, 0.25) is 0 Å². The number of ether oxygens (including phenoxy) is 1. The normalized spacial score (nSPS) is 16.4. The van der Waals surface area contributed by atoms with Crippen LogP contribution in [0.3, 0.4) is 0 Å². The molecule has 3 rings (SSSR count). The van der Waals surface area contributed by atoms with E-state index >= 15 is 0 Å². The summed E-state index contributed by atoms with van der Waals surface area (Å²) in [5.41, 5.74) is -0.890. The van der Waals surface area contributed by atoms with Gasteiger partial charge in [0.1, 0.15) is 0 Å². The summed E-state index contributed by atoms with van der Waals surface area (Å²) in [5, 5.41) is 15.6. The van der Waals surface area contributed by atoms with Crippen LogP contribution < -0.4 is 5.32 Å². The lowest BCUT2D eigenvalue weighted by atomic mass is 10.1. The molecule has 1 saturated carbocycles. The number of hydrogen-bond donors (Lipinski definition) is 2. The first-order valence-corrected chi connectivity index (χ1v) is 7.48. The number of rotatable bonds is 6. The zero-order chi connectivity index (χ0) is 17.3. The Morgan fingerprint density at radius 3 is 2.79 bits per heavy atom. The topological polar surface area (TPSA) is 115 Å². The Hall–Kier alpha value is -2.74. The number of carbonyl (C=O) groups excluding carboxylic acids is 1. The van der Waals surface area contributed by atoms with E-state index in [2.05, 4.69) is 15.5 Å². The van der Waals surface area contributed by atoms with Crippen molar-refractivity contribution >= 4 is 17.6 Å². The minimum Gasteiger partial charge on any atom is -0.479 e. The van der Waals surface area contributed by atoms with E-state index in [0.29, 0.717) is 28.9 Å². The molecule has 1 unspecified atom stereocenters. The number of methoxy groups -OCH3 is 1. The van der Waals surface area contributed by atoms with Crippen molar-refractivity contribution in [1.29, 1.82) is 0 Å². The van der Waals surface area contributed by atoms with E-state index in [9.17, 15) is 9.59 Å². The smallest absolute Gasteiger partial charge is 0.345 e. The van der Waals surface area contributed by atoms with Crippen molar-refractivity contribution in [2.24, 2.45) is 0 Å². The Labute approximate surface area is 137 Å². The van der Waals surface area contributed by atoms with Gasteiger partial charge in [0.2, 0.25) is 17.3 Å². The van der Waals surface area contributed by atoms with Gasteiger partial charge in [-0.15, -0.1) is 0 Å². The van der Waals surface area contributed by atoms with Gasteiger partial charge < -0.3 is 19.7 Å². The average molecular weight is 331 g/mol. The summed E-state index contributed by atoms with van der Waals surface area (Å²) in [4.78, 5) is 27.8. The van der Waals surface area contributed by atoms with E-state index in [-0.39, 0.29) is 0 Å². The monoisotopic (exact) mass is 331 g/mol. The number of carboxylic acid groups (broad SMARTS) is 1. The summed E-state index contributed by atoms with van der Waals surface area (Å²) in [6, 6.07) is 6.78. The van der Waals surface area contributed by atoms with Crippen molar-refractivity contribution < 1.29 is 24.0 Å². The van der Waals surface area contributed by atoms with E-state index in [0.717, 1.165) is 12.8 Å². The van der Waals surface area contributed by atoms with Gasteiger partial charge in [-0.05, 0) is 31.9 Å². The predicted octanol–water partition coefficient (Wildman–Crippen LogP) is 2.04. The first-order valence-electron chi connectivity index (χ1n) is 7.48. The summed E-state index contributed by atoms with van der Waals surface area (Å²) < 4.78 is 10.1. The minimum absolute atomic E-state index is 0.354. The predicted molar refractivity (Wildman–Crippen MR) is 83.4 cm³/mol. The molecule has 2 N–H and O–H groups in total. The molecule has 1 aromatic carbocycles. The SMILES string of the molecule is COC(C)(C(=O)O)C(=O)Nc1cccc(-c2noc(C3CC3)n2)c1. The maximum Gasteiger partial charge on any atom is 0.345 e. The van der Waals surface area contributed by atoms with Gasteiger partial charge in [0.05, 0.1) is 0 Å². The first-order chi connectivity index (χ1) is 11.4. The van der Waals surface area contributed by atoms with Crippen molar-refractivity contribution in [3.8, 4) is 11.4 Å². The molecule has 0 saturated heterocycles. The molecule has 24 heavy (non-hydrogen) atoms. The molecule has 1 aromatic heterocycles. The largest absolute Gasteiger partial charge is 0.479 e. The second-order valence-electron chi connectivity index (χ2n) is 5.81. The van der Waals surface area contributed by atoms with Gasteiger partial charge in [0.25, 0.3) is 5.91 Å². The second kappa shape index (κ2) is 6.04. The number of carbonyl (C=O) groups is 2. The number of carboxylic acids is 1. The summed E-state index contributed by atoms with van der Waals surface area (Å²) in [7, 11) is 1.17. The maximum atomic E-state index is 12.2. The van der Waals surface area contributed by atoms with E-state index in [4.69, 9.17) is 14.4 Å². The Balaban J connectivity index is 1.79. The molecule has 126 valence electrons. The van der Waals surface area contributed by atoms with Gasteiger partial charge in [-0.25, -0.2) is 4.79 Å². The van der Waals surface area contributed by atoms with Crippen molar-refractivity contribution in [3.63, 3.8) is 0 Å². The Morgan fingerprint density at radius 1 is 1.42 bits per heavy atom. The van der Waals surface area contributed by atoms with Crippen LogP contribution in [0.25, 0.3) is 11.4 Å². The van der Waals surface area contributed by atoms with Crippen molar-refractivity contribution in [3.05, 3.63) is 30.2 Å². The number of aromatic nitrogens is 2. The van der Waals surface area contributed by atoms with Gasteiger partial charge in [-0.1, -0.05) is 17.3 Å². The molecule has 2 aromatic rings. The number of aliphatic carboxylic acids is 1. The van der Waals surface area contributed by atoms with E-state index in [1.807, 2.05) is 0 Å². The molecule has 8 heteroatoms. The number of nitrogens with zero attached hydrogens (tertiary/aromatic N) is 2. The first kappa shape index (κ1) is 16.1. The van der Waals surface area contributed by atoms with Crippen LogP contribution in [0.15, 0.2) is 28.8 Å². The zero-order valence-electron chi connectivity index (χ0n) is 13.3. The van der Waals surface area contributed by atoms with Crippen molar-refractivity contribution in [1.82, 2.24) is 10.1 Å². The highest BCUT2D eigenvalue weighted by molar-refractivity contribution is 6.11.